The molecule has 3 heterocycles. The van der Waals surface area contributed by atoms with Gasteiger partial charge in [-0.1, -0.05) is 208 Å². The molecule has 6 amide bonds. The Morgan fingerprint density at radius 3 is 0.752 bits per heavy atom. The SMILES string of the molecule is CC(C)(C)CC(=O)N1CCC(C(C)(C)C)CC1.CC(C)(C)CCC(=O)N1CCC(C(C)(C)C)CC1.CC(C)(C)CCCC(=O)COC(C)(C)C.CC(C)(C)CCCNC(=O)COC(C)(C)C.CC(C)(C)CCCNC(=O)COC(C)(C)C.CC(C)(C)CCCNC(C)(C)C.CC(C)(C)CCNC(=O)COC(C)(C)C.CC(C)(C)NCCCNC(C)(C)C.CN(CC(=O)N1CCC(C(C)(C)C)CC1)C(C)(C)C. The van der Waals surface area contributed by atoms with E-state index in [1.165, 1.54) is 44.9 Å². The van der Waals surface area contributed by atoms with Crippen LogP contribution in [0.25, 0.3) is 0 Å². The minimum atomic E-state index is -0.249. The van der Waals surface area contributed by atoms with E-state index in [9.17, 15) is 33.6 Å². The van der Waals surface area contributed by atoms with Crippen LogP contribution in [-0.2, 0) is 52.5 Å². The van der Waals surface area contributed by atoms with Crippen molar-refractivity contribution in [2.24, 2.45) is 71.9 Å². The molecule has 3 saturated heterocycles. The van der Waals surface area contributed by atoms with Crippen molar-refractivity contribution in [3.8, 4) is 0 Å². The van der Waals surface area contributed by atoms with Gasteiger partial charge >= 0.3 is 0 Å². The number of hydrogen-bond acceptors (Lipinski definition) is 15. The third-order valence-corrected chi connectivity index (χ3v) is 23.9. The molecule has 3 aliphatic rings. The van der Waals surface area contributed by atoms with Crippen LogP contribution in [0.5, 0.6) is 0 Å². The Morgan fingerprint density at radius 2 is 0.504 bits per heavy atom. The molecule has 6 N–H and O–H groups in total. The number of Topliss-reactive ketones (excluding diaryl/α,β-unsaturated/α-hetero) is 1. The molecule has 3 fully saturated rings. The molecule has 0 aromatic carbocycles. The maximum absolute atomic E-state index is 12.3. The number of amides is 6. The smallest absolute Gasteiger partial charge is 0.246 e. The van der Waals surface area contributed by atoms with Gasteiger partial charge in [-0.15, -0.1) is 0 Å². The van der Waals surface area contributed by atoms with E-state index in [0.717, 1.165) is 160 Å². The number of likely N-dealkylation sites (N-methyl/N-ethyl adjacent to an activating group) is 1. The molecule has 3 rings (SSSR count). The maximum Gasteiger partial charge on any atom is 0.246 e. The third-order valence-electron chi connectivity index (χ3n) is 23.9. The van der Waals surface area contributed by atoms with Crippen molar-refractivity contribution in [1.82, 2.24) is 51.5 Å². The first kappa shape index (κ1) is 148. The van der Waals surface area contributed by atoms with Gasteiger partial charge in [0.05, 0.1) is 28.9 Å². The van der Waals surface area contributed by atoms with E-state index >= 15 is 0 Å². The van der Waals surface area contributed by atoms with Gasteiger partial charge in [-0.05, 0) is 374 Å². The first-order valence-electron chi connectivity index (χ1n) is 55.2. The Morgan fingerprint density at radius 1 is 0.262 bits per heavy atom. The fraction of sp³-hybridized carbons (Fsp3) is 0.942. The number of piperidine rings is 3. The van der Waals surface area contributed by atoms with E-state index in [4.69, 9.17) is 18.9 Å². The zero-order valence-corrected chi connectivity index (χ0v) is 105. The topological polar surface area (TPSA) is 242 Å². The van der Waals surface area contributed by atoms with Crippen LogP contribution in [0.15, 0.2) is 0 Å². The molecule has 141 heavy (non-hydrogen) atoms. The first-order valence-corrected chi connectivity index (χ1v) is 55.2. The Kier molecular flexibility index (Phi) is 69.9. The molecule has 0 aliphatic carbocycles. The highest BCUT2D eigenvalue weighted by Gasteiger charge is 2.36. The second-order valence-corrected chi connectivity index (χ2v) is 60.7. The number of ether oxygens (including phenoxy) is 4. The number of rotatable bonds is 31. The molecule has 3 aliphatic heterocycles. The van der Waals surface area contributed by atoms with Crippen LogP contribution in [-0.4, -0.2) is 224 Å². The number of carbonyl (C=O) groups excluding carboxylic acids is 7. The van der Waals surface area contributed by atoms with E-state index in [1.807, 2.05) is 95.0 Å². The van der Waals surface area contributed by atoms with E-state index < -0.39 is 0 Å². The van der Waals surface area contributed by atoms with Crippen molar-refractivity contribution in [1.29, 1.82) is 0 Å². The lowest BCUT2D eigenvalue weighted by atomic mass is 9.75. The molecule has 0 saturated carbocycles. The van der Waals surface area contributed by atoms with Gasteiger partial charge in [0.2, 0.25) is 35.4 Å². The lowest BCUT2D eigenvalue weighted by Gasteiger charge is -2.40. The molecule has 0 aromatic rings. The van der Waals surface area contributed by atoms with Crippen LogP contribution >= 0.6 is 0 Å². The third kappa shape index (κ3) is 109. The van der Waals surface area contributed by atoms with Crippen molar-refractivity contribution in [2.45, 2.75) is 547 Å². The van der Waals surface area contributed by atoms with Crippen LogP contribution < -0.4 is 31.9 Å². The normalized spacial score (nSPS) is 15.3. The van der Waals surface area contributed by atoms with E-state index in [-0.39, 0.29) is 117 Å². The van der Waals surface area contributed by atoms with Crippen molar-refractivity contribution >= 4 is 41.2 Å². The summed E-state index contributed by atoms with van der Waals surface area (Å²) >= 11 is 0. The van der Waals surface area contributed by atoms with Gasteiger partial charge in [-0.3, -0.25) is 38.5 Å². The lowest BCUT2D eigenvalue weighted by Crippen LogP contribution is -2.48. The van der Waals surface area contributed by atoms with Gasteiger partial charge in [0.15, 0.2) is 5.78 Å². The van der Waals surface area contributed by atoms with Gasteiger partial charge in [0.1, 0.15) is 26.4 Å². The maximum atomic E-state index is 12.3. The summed E-state index contributed by atoms with van der Waals surface area (Å²) in [6, 6.07) is 0. The fourth-order valence-corrected chi connectivity index (χ4v) is 14.3. The van der Waals surface area contributed by atoms with Crippen LogP contribution in [0, 0.1) is 71.9 Å². The van der Waals surface area contributed by atoms with Crippen LogP contribution in [0.3, 0.4) is 0 Å². The number of ketones is 1. The van der Waals surface area contributed by atoms with Gasteiger partial charge in [-0.2, -0.15) is 0 Å². The summed E-state index contributed by atoms with van der Waals surface area (Å²) in [6.45, 7) is 129. The molecule has 21 heteroatoms. The predicted molar refractivity (Wildman–Crippen MR) is 610 cm³/mol. The minimum absolute atomic E-state index is 0.0242. The number of likely N-dealkylation sites (tertiary alicyclic amines) is 3. The molecule has 0 atom stereocenters. The highest BCUT2D eigenvalue weighted by Crippen LogP contribution is 2.38. The highest BCUT2D eigenvalue weighted by molar-refractivity contribution is 5.80. The van der Waals surface area contributed by atoms with E-state index in [0.29, 0.717) is 75.5 Å². The summed E-state index contributed by atoms with van der Waals surface area (Å²) < 4.78 is 21.5. The Bertz CT molecular complexity index is 3140. The minimum Gasteiger partial charge on any atom is -0.368 e. The molecular formula is C120H248N10O11. The molecular weight excluding hydrogens is 1760 g/mol. The monoisotopic (exact) mass is 2010 g/mol. The molecule has 21 nitrogen and oxygen atoms in total. The molecule has 0 spiro atoms. The van der Waals surface area contributed by atoms with E-state index in [2.05, 4.69) is 337 Å². The number of nitrogens with one attached hydrogen (secondary N) is 6. The zero-order chi connectivity index (χ0) is 112. The molecule has 844 valence electrons. The van der Waals surface area contributed by atoms with Gasteiger partial charge in [0.25, 0.3) is 0 Å². The summed E-state index contributed by atoms with van der Waals surface area (Å²) in [6.07, 6.45) is 21.1. The Labute approximate surface area is 877 Å². The van der Waals surface area contributed by atoms with Crippen LogP contribution in [0.4, 0.5) is 0 Å². The zero-order valence-electron chi connectivity index (χ0n) is 105. The largest absolute Gasteiger partial charge is 0.368 e. The lowest BCUT2D eigenvalue weighted by molar-refractivity contribution is -0.135. The van der Waals surface area contributed by atoms with Gasteiger partial charge in [-0.25, -0.2) is 0 Å². The highest BCUT2D eigenvalue weighted by atomic mass is 16.5. The molecule has 0 unspecified atom stereocenters. The molecule has 0 aromatic heterocycles. The van der Waals surface area contributed by atoms with Crippen molar-refractivity contribution in [3.63, 3.8) is 0 Å². The molecule has 0 bridgehead atoms. The standard InChI is InChI=1S/C16H32N2O.C16H31NO.C15H29NO.2C13H27NO2.C13H26O2.C12H25NO2.C11H26N2.C11H25N/c1-15(2,3)13-8-10-18(11-9-13)14(19)12-17(7)16(4,5)6;1-15(2,3)10-7-14(18)17-11-8-13(9-12-17)16(4,5)6;1-14(2,3)11-13(17)16-9-7-12(8-10-16)15(4,5)6;2*1-12(2,3)8-7-9-14-11(15)10-16-13(4,5)6;1-12(2,3)9-7-8-11(14)10-15-13(4,5)6;1-11(2,3)7-8-13-10(14)9-15-12(4,5)6;1-10(2,3)12-8-7-9-13-11(4,5)6;1-10(2,3)8-7-9-12-11(4,5)6/h13H,8-12H2,1-7H3;13H,7-12H2,1-6H3;12H,7-11H2,1-6H3;2*7-10H2,1-6H3,(H,14,15);7-10H2,1-6H3;7-9H2,1-6H3,(H,13,14);12-13H,7-9H2,1-6H3;12H,7-9H2,1-6H3. The predicted octanol–water partition coefficient (Wildman–Crippen LogP) is 27.6. The second kappa shape index (κ2) is 66.7. The van der Waals surface area contributed by atoms with Gasteiger partial charge in [0, 0.05) is 100 Å². The number of hydrogen-bond donors (Lipinski definition) is 6. The summed E-state index contributed by atoms with van der Waals surface area (Å²) in [5.41, 5.74) is 3.16. The average Bonchev–Trinajstić information content (AvgIpc) is 0.823. The Balaban J connectivity index is -0.000000365. The van der Waals surface area contributed by atoms with Crippen LogP contribution in [0.2, 0.25) is 0 Å². The first-order chi connectivity index (χ1) is 62.5. The van der Waals surface area contributed by atoms with Crippen molar-refractivity contribution < 1.29 is 52.5 Å². The molecule has 0 radical (unpaired) electrons. The van der Waals surface area contributed by atoms with Gasteiger partial charge < -0.3 is 65.5 Å². The number of carbonyl (C=O) groups is 7. The quantitative estimate of drug-likeness (QED) is 0.0354. The summed E-state index contributed by atoms with van der Waals surface area (Å²) in [4.78, 5) is 90.4. The summed E-state index contributed by atoms with van der Waals surface area (Å²) in [7, 11) is 2.03. The van der Waals surface area contributed by atoms with Crippen molar-refractivity contribution in [3.05, 3.63) is 0 Å². The number of nitrogens with zero attached hydrogens (tertiary/aromatic N) is 4. The fourth-order valence-electron chi connectivity index (χ4n) is 14.3. The summed E-state index contributed by atoms with van der Waals surface area (Å²) in [5.74, 6) is 3.39. The van der Waals surface area contributed by atoms with E-state index in [1.54, 1.807) is 0 Å². The second-order valence-electron chi connectivity index (χ2n) is 60.7. The van der Waals surface area contributed by atoms with Crippen LogP contribution in [0.1, 0.15) is 502 Å². The Hall–Kier alpha value is -3.83. The summed E-state index contributed by atoms with van der Waals surface area (Å²) in [5, 5.41) is 19.0. The average molecular weight is 2010 g/mol. The van der Waals surface area contributed by atoms with Crippen molar-refractivity contribution in [2.75, 3.05) is 119 Å².